The lowest BCUT2D eigenvalue weighted by Gasteiger charge is -2.07. The highest BCUT2D eigenvalue weighted by atomic mass is 79.9. The van der Waals surface area contributed by atoms with Crippen LogP contribution in [0.1, 0.15) is 15.9 Å². The molecule has 0 heterocycles. The molecule has 2 aromatic rings. The maximum absolute atomic E-state index is 12.0. The predicted molar refractivity (Wildman–Crippen MR) is 101 cm³/mol. The van der Waals surface area contributed by atoms with E-state index in [1.54, 1.807) is 24.3 Å². The Hall–Kier alpha value is -1.82. The summed E-state index contributed by atoms with van der Waals surface area (Å²) in [5.41, 5.74) is 3.50. The molecule has 0 unspecified atom stereocenters. The number of nitrogens with zero attached hydrogens (tertiary/aromatic N) is 1. The van der Waals surface area contributed by atoms with Gasteiger partial charge in [0.1, 0.15) is 12.4 Å². The summed E-state index contributed by atoms with van der Waals surface area (Å²) in [6, 6.07) is 10.1. The summed E-state index contributed by atoms with van der Waals surface area (Å²) >= 11 is 15.1. The van der Waals surface area contributed by atoms with Crippen molar-refractivity contribution >= 4 is 51.3 Å². The number of carbonyl (C=O) groups is 1. The zero-order valence-corrected chi connectivity index (χ0v) is 15.5. The summed E-state index contributed by atoms with van der Waals surface area (Å²) in [7, 11) is 0. The van der Waals surface area contributed by atoms with Crippen molar-refractivity contribution in [2.75, 3.05) is 6.61 Å². The van der Waals surface area contributed by atoms with Gasteiger partial charge in [-0.05, 0) is 36.4 Å². The number of ether oxygens (including phenoxy) is 1. The molecule has 0 aliphatic rings. The van der Waals surface area contributed by atoms with E-state index < -0.39 is 5.91 Å². The fraction of sp³-hybridized carbons (Fsp3) is 0.0588. The van der Waals surface area contributed by atoms with Crippen molar-refractivity contribution in [3.63, 3.8) is 0 Å². The van der Waals surface area contributed by atoms with E-state index in [9.17, 15) is 4.79 Å². The van der Waals surface area contributed by atoms with Crippen LogP contribution in [0.5, 0.6) is 5.75 Å². The molecule has 0 saturated carbocycles. The van der Waals surface area contributed by atoms with Crippen molar-refractivity contribution in [3.8, 4) is 5.75 Å². The standard InChI is InChI=1S/C17H13BrCl2N2O2/c1-2-7-24-16-6-4-13(18)8-12(16)10-21-22-17(23)11-3-5-14(19)15(20)9-11/h2-6,8-10H,1,7H2,(H,22,23)/b21-10-. The van der Waals surface area contributed by atoms with Gasteiger partial charge in [0.05, 0.1) is 16.3 Å². The monoisotopic (exact) mass is 426 g/mol. The summed E-state index contributed by atoms with van der Waals surface area (Å²) in [6.45, 7) is 3.98. The Balaban J connectivity index is 2.10. The molecule has 0 bridgehead atoms. The first-order valence-corrected chi connectivity index (χ1v) is 8.38. The molecule has 24 heavy (non-hydrogen) atoms. The molecule has 0 aliphatic carbocycles. The van der Waals surface area contributed by atoms with Crippen LogP contribution < -0.4 is 10.2 Å². The molecule has 1 amide bonds. The Morgan fingerprint density at radius 3 is 2.75 bits per heavy atom. The number of hydrogen-bond donors (Lipinski definition) is 1. The molecule has 0 saturated heterocycles. The predicted octanol–water partition coefficient (Wildman–Crippen LogP) is 5.08. The Bertz CT molecular complexity index is 794. The average molecular weight is 428 g/mol. The van der Waals surface area contributed by atoms with Crippen molar-refractivity contribution in [1.29, 1.82) is 0 Å². The zero-order chi connectivity index (χ0) is 17.5. The van der Waals surface area contributed by atoms with Crippen LogP contribution in [0.15, 0.2) is 58.6 Å². The first-order valence-electron chi connectivity index (χ1n) is 6.83. The Morgan fingerprint density at radius 1 is 1.25 bits per heavy atom. The second-order valence-corrected chi connectivity index (χ2v) is 6.34. The summed E-state index contributed by atoms with van der Waals surface area (Å²) in [4.78, 5) is 12.0. The third-order valence-corrected chi connectivity index (χ3v) is 4.11. The van der Waals surface area contributed by atoms with Gasteiger partial charge in [-0.3, -0.25) is 4.79 Å². The molecule has 2 rings (SSSR count). The van der Waals surface area contributed by atoms with E-state index in [0.717, 1.165) is 4.47 Å². The van der Waals surface area contributed by atoms with Crippen molar-refractivity contribution in [3.05, 3.63) is 74.7 Å². The molecule has 0 aliphatic heterocycles. The van der Waals surface area contributed by atoms with Crippen molar-refractivity contribution < 1.29 is 9.53 Å². The number of carbonyl (C=O) groups excluding carboxylic acids is 1. The van der Waals surface area contributed by atoms with E-state index in [1.807, 2.05) is 12.1 Å². The molecule has 7 heteroatoms. The number of halogens is 3. The van der Waals surface area contributed by atoms with E-state index in [4.69, 9.17) is 27.9 Å². The SMILES string of the molecule is C=CCOc1ccc(Br)cc1/C=N\NC(=O)c1ccc(Cl)c(Cl)c1. The van der Waals surface area contributed by atoms with Gasteiger partial charge in [0.25, 0.3) is 5.91 Å². The van der Waals surface area contributed by atoms with Crippen LogP contribution in [0.2, 0.25) is 10.0 Å². The topological polar surface area (TPSA) is 50.7 Å². The maximum Gasteiger partial charge on any atom is 0.271 e. The van der Waals surface area contributed by atoms with Gasteiger partial charge < -0.3 is 4.74 Å². The van der Waals surface area contributed by atoms with Crippen LogP contribution in [0.25, 0.3) is 0 Å². The average Bonchev–Trinajstić information content (AvgIpc) is 2.56. The second-order valence-electron chi connectivity index (χ2n) is 4.61. The molecule has 0 aromatic heterocycles. The fourth-order valence-electron chi connectivity index (χ4n) is 1.76. The van der Waals surface area contributed by atoms with Crippen LogP contribution in [0, 0.1) is 0 Å². The first-order chi connectivity index (χ1) is 11.5. The van der Waals surface area contributed by atoms with Crippen LogP contribution >= 0.6 is 39.1 Å². The van der Waals surface area contributed by atoms with Gasteiger partial charge in [-0.1, -0.05) is 51.8 Å². The summed E-state index contributed by atoms with van der Waals surface area (Å²) < 4.78 is 6.40. The molecular weight excluding hydrogens is 415 g/mol. The van der Waals surface area contributed by atoms with Gasteiger partial charge in [-0.15, -0.1) is 0 Å². The van der Waals surface area contributed by atoms with Crippen LogP contribution in [-0.4, -0.2) is 18.7 Å². The number of amides is 1. The minimum Gasteiger partial charge on any atom is -0.489 e. The summed E-state index contributed by atoms with van der Waals surface area (Å²) in [5.74, 6) is 0.235. The third-order valence-electron chi connectivity index (χ3n) is 2.88. The molecule has 0 spiro atoms. The Kier molecular flexibility index (Phi) is 6.85. The van der Waals surface area contributed by atoms with Crippen molar-refractivity contribution in [2.24, 2.45) is 5.10 Å². The first kappa shape index (κ1) is 18.5. The van der Waals surface area contributed by atoms with Crippen molar-refractivity contribution in [1.82, 2.24) is 5.43 Å². The second kappa shape index (κ2) is 8.87. The molecule has 0 radical (unpaired) electrons. The van der Waals surface area contributed by atoms with Crippen LogP contribution in [0.3, 0.4) is 0 Å². The third kappa shape index (κ3) is 5.09. The van der Waals surface area contributed by atoms with Crippen LogP contribution in [-0.2, 0) is 0 Å². The lowest BCUT2D eigenvalue weighted by molar-refractivity contribution is 0.0955. The summed E-state index contributed by atoms with van der Waals surface area (Å²) in [5, 5.41) is 4.64. The van der Waals surface area contributed by atoms with Gasteiger partial charge in [-0.2, -0.15) is 5.10 Å². The number of benzene rings is 2. The van der Waals surface area contributed by atoms with E-state index in [2.05, 4.69) is 33.0 Å². The van der Waals surface area contributed by atoms with Crippen LogP contribution in [0.4, 0.5) is 0 Å². The zero-order valence-electron chi connectivity index (χ0n) is 12.4. The smallest absolute Gasteiger partial charge is 0.271 e. The van der Waals surface area contributed by atoms with E-state index in [-0.39, 0.29) is 0 Å². The minimum atomic E-state index is -0.395. The molecule has 124 valence electrons. The van der Waals surface area contributed by atoms with Gasteiger partial charge in [0, 0.05) is 15.6 Å². The lowest BCUT2D eigenvalue weighted by Crippen LogP contribution is -2.17. The number of rotatable bonds is 6. The molecule has 0 fully saturated rings. The van der Waals surface area contributed by atoms with Crippen molar-refractivity contribution in [2.45, 2.75) is 0 Å². The number of hydrazone groups is 1. The van der Waals surface area contributed by atoms with Gasteiger partial charge in [0.15, 0.2) is 0 Å². The quantitative estimate of drug-likeness (QED) is 0.396. The number of hydrogen-bond acceptors (Lipinski definition) is 3. The Labute approximate surface area is 158 Å². The largest absolute Gasteiger partial charge is 0.489 e. The molecule has 0 atom stereocenters. The highest BCUT2D eigenvalue weighted by Gasteiger charge is 2.07. The number of nitrogens with one attached hydrogen (secondary N) is 1. The van der Waals surface area contributed by atoms with Gasteiger partial charge >= 0.3 is 0 Å². The van der Waals surface area contributed by atoms with E-state index in [1.165, 1.54) is 12.3 Å². The highest BCUT2D eigenvalue weighted by Crippen LogP contribution is 2.23. The molecule has 4 nitrogen and oxygen atoms in total. The molecular formula is C17H13BrCl2N2O2. The van der Waals surface area contributed by atoms with E-state index >= 15 is 0 Å². The highest BCUT2D eigenvalue weighted by molar-refractivity contribution is 9.10. The van der Waals surface area contributed by atoms with Gasteiger partial charge in [0.2, 0.25) is 0 Å². The summed E-state index contributed by atoms with van der Waals surface area (Å²) in [6.07, 6.45) is 3.15. The Morgan fingerprint density at radius 2 is 2.04 bits per heavy atom. The molecule has 1 N–H and O–H groups in total. The van der Waals surface area contributed by atoms with Gasteiger partial charge in [-0.25, -0.2) is 5.43 Å². The maximum atomic E-state index is 12.0. The lowest BCUT2D eigenvalue weighted by atomic mass is 10.2. The van der Waals surface area contributed by atoms with E-state index in [0.29, 0.717) is 33.5 Å². The normalized spacial score (nSPS) is 10.6. The fourth-order valence-corrected chi connectivity index (χ4v) is 2.44. The molecule has 2 aromatic carbocycles. The minimum absolute atomic E-state index is 0.306.